The third-order valence-electron chi connectivity index (χ3n) is 3.81. The third-order valence-corrected chi connectivity index (χ3v) is 3.81. The van der Waals surface area contributed by atoms with Crippen LogP contribution in [0.15, 0.2) is 0 Å². The first-order valence-corrected chi connectivity index (χ1v) is 7.86. The van der Waals surface area contributed by atoms with Crippen molar-refractivity contribution >= 4 is 22.4 Å². The van der Waals surface area contributed by atoms with Crippen molar-refractivity contribution < 1.29 is 13.2 Å². The molecule has 1 aliphatic rings. The molecule has 1 fully saturated rings. The molecule has 3 N–H and O–H groups in total. The Morgan fingerprint density at radius 1 is 1.00 bits per heavy atom. The van der Waals surface area contributed by atoms with Gasteiger partial charge in [0, 0.05) is 6.04 Å². The molecule has 1 aromatic heterocycles. The van der Waals surface area contributed by atoms with Gasteiger partial charge in [-0.05, 0) is 19.8 Å². The number of hydrogen-bond donors (Lipinski definition) is 2. The van der Waals surface area contributed by atoms with Crippen LogP contribution >= 0.6 is 0 Å². The molecule has 23 heavy (non-hydrogen) atoms. The van der Waals surface area contributed by atoms with Gasteiger partial charge in [-0.25, -0.2) is 23.1 Å². The Labute approximate surface area is 133 Å². The molecular weight excluding hydrogens is 305 g/mol. The number of aryl methyl sites for hydroxylation is 1. The number of nitrogen functional groups attached to an aromatic ring is 1. The minimum atomic E-state index is -1.27. The lowest BCUT2D eigenvalue weighted by Crippen LogP contribution is -2.18. The van der Waals surface area contributed by atoms with Crippen molar-refractivity contribution in [3.8, 4) is 0 Å². The highest BCUT2D eigenvalue weighted by Gasteiger charge is 2.26. The maximum Gasteiger partial charge on any atom is 0.185 e. The molecule has 1 saturated carbocycles. The number of halogens is 3. The van der Waals surface area contributed by atoms with Crippen LogP contribution in [0.1, 0.15) is 45.4 Å². The molecule has 7 heteroatoms. The zero-order valence-corrected chi connectivity index (χ0v) is 13.5. The highest BCUT2D eigenvalue weighted by molar-refractivity contribution is 5.91. The van der Waals surface area contributed by atoms with E-state index < -0.39 is 28.5 Å². The summed E-state index contributed by atoms with van der Waals surface area (Å²) in [5.74, 6) is -3.47. The zero-order valence-electron chi connectivity index (χ0n) is 13.5. The van der Waals surface area contributed by atoms with E-state index in [1.807, 2.05) is 13.8 Å². The number of nitrogens with zero attached hydrogens (tertiary/aromatic N) is 2. The highest BCUT2D eigenvalue weighted by Crippen LogP contribution is 2.34. The van der Waals surface area contributed by atoms with Crippen LogP contribution in [0.4, 0.5) is 24.7 Å². The van der Waals surface area contributed by atoms with Gasteiger partial charge in [0.15, 0.2) is 17.5 Å². The minimum absolute atomic E-state index is 0.0499. The van der Waals surface area contributed by atoms with E-state index in [0.717, 1.165) is 25.7 Å². The van der Waals surface area contributed by atoms with E-state index in [2.05, 4.69) is 15.3 Å². The molecule has 0 radical (unpaired) electrons. The minimum Gasteiger partial charge on any atom is -0.383 e. The predicted molar refractivity (Wildman–Crippen MR) is 85.8 cm³/mol. The van der Waals surface area contributed by atoms with E-state index in [9.17, 15) is 13.2 Å². The lowest BCUT2D eigenvalue weighted by atomic mass is 10.1. The number of nitrogens with two attached hydrogens (primary N) is 1. The fourth-order valence-corrected chi connectivity index (χ4v) is 2.80. The summed E-state index contributed by atoms with van der Waals surface area (Å²) >= 11 is 0. The third kappa shape index (κ3) is 3.18. The molecule has 0 spiro atoms. The molecular formula is C16H21F3N4. The van der Waals surface area contributed by atoms with Crippen molar-refractivity contribution in [3.05, 3.63) is 23.3 Å². The molecule has 0 unspecified atom stereocenters. The van der Waals surface area contributed by atoms with Gasteiger partial charge >= 0.3 is 0 Å². The molecule has 0 aliphatic heterocycles. The normalized spacial score (nSPS) is 14.7. The van der Waals surface area contributed by atoms with E-state index >= 15 is 0 Å². The van der Waals surface area contributed by atoms with Crippen LogP contribution in [0, 0.1) is 24.4 Å². The van der Waals surface area contributed by atoms with Crippen molar-refractivity contribution in [2.24, 2.45) is 0 Å². The average Bonchev–Trinajstić information content (AvgIpc) is 3.04. The quantitative estimate of drug-likeness (QED) is 0.807. The Bertz CT molecular complexity index is 713. The van der Waals surface area contributed by atoms with E-state index in [1.54, 1.807) is 0 Å². The summed E-state index contributed by atoms with van der Waals surface area (Å²) in [4.78, 5) is 7.61. The monoisotopic (exact) mass is 326 g/mol. The molecule has 4 nitrogen and oxygen atoms in total. The van der Waals surface area contributed by atoms with Crippen molar-refractivity contribution in [3.63, 3.8) is 0 Å². The van der Waals surface area contributed by atoms with Crippen LogP contribution in [-0.4, -0.2) is 16.0 Å². The summed E-state index contributed by atoms with van der Waals surface area (Å²) in [5.41, 5.74) is 4.80. The summed E-state index contributed by atoms with van der Waals surface area (Å²) < 4.78 is 42.8. The number of nitrogens with one attached hydrogen (secondary N) is 1. The van der Waals surface area contributed by atoms with E-state index in [-0.39, 0.29) is 23.2 Å². The van der Waals surface area contributed by atoms with Gasteiger partial charge in [-0.15, -0.1) is 0 Å². The molecule has 0 bridgehead atoms. The summed E-state index contributed by atoms with van der Waals surface area (Å²) in [7, 11) is 0. The van der Waals surface area contributed by atoms with Gasteiger partial charge in [-0.2, -0.15) is 0 Å². The smallest absolute Gasteiger partial charge is 0.185 e. The Kier molecular flexibility index (Phi) is 5.28. The standard InChI is InChI=1S/C14H15F3N4.C2H6/c1-6-19-12-8(14(18)20-6)9(15)10(16)13(11(12)17)21-7-4-2-3-5-7;1-2/h7,21H,2-5H2,1H3,(H2,18,19,20);1-2H3. The van der Waals surface area contributed by atoms with Gasteiger partial charge in [0.1, 0.15) is 22.8 Å². The number of aromatic nitrogens is 2. The largest absolute Gasteiger partial charge is 0.383 e. The SMILES string of the molecule is CC.Cc1nc(N)c2c(F)c(F)c(NC3CCCC3)c(F)c2n1. The highest BCUT2D eigenvalue weighted by atomic mass is 19.2. The van der Waals surface area contributed by atoms with Crippen LogP contribution in [0.3, 0.4) is 0 Å². The Morgan fingerprint density at radius 3 is 2.22 bits per heavy atom. The number of rotatable bonds is 2. The molecule has 3 rings (SSSR count). The fourth-order valence-electron chi connectivity index (χ4n) is 2.80. The summed E-state index contributed by atoms with van der Waals surface area (Å²) in [5, 5.41) is 2.35. The Balaban J connectivity index is 0.000000924. The first-order valence-electron chi connectivity index (χ1n) is 7.86. The Hall–Kier alpha value is -2.05. The zero-order chi connectivity index (χ0) is 17.1. The van der Waals surface area contributed by atoms with Gasteiger partial charge in [-0.3, -0.25) is 0 Å². The van der Waals surface area contributed by atoms with Crippen LogP contribution < -0.4 is 11.1 Å². The van der Waals surface area contributed by atoms with E-state index in [0.29, 0.717) is 0 Å². The van der Waals surface area contributed by atoms with Crippen molar-refractivity contribution in [2.45, 2.75) is 52.5 Å². The molecule has 0 amide bonds. The molecule has 126 valence electrons. The average molecular weight is 326 g/mol. The second-order valence-electron chi connectivity index (χ2n) is 5.32. The van der Waals surface area contributed by atoms with Crippen LogP contribution in [0.5, 0.6) is 0 Å². The van der Waals surface area contributed by atoms with Crippen molar-refractivity contribution in [1.82, 2.24) is 9.97 Å². The number of fused-ring (bicyclic) bond motifs is 1. The van der Waals surface area contributed by atoms with E-state index in [4.69, 9.17) is 5.73 Å². The van der Waals surface area contributed by atoms with Crippen LogP contribution in [-0.2, 0) is 0 Å². The van der Waals surface area contributed by atoms with Crippen LogP contribution in [0.25, 0.3) is 10.9 Å². The summed E-state index contributed by atoms with van der Waals surface area (Å²) in [6, 6.07) is -0.0499. The number of anilines is 2. The lowest BCUT2D eigenvalue weighted by molar-refractivity contribution is 0.506. The topological polar surface area (TPSA) is 63.8 Å². The van der Waals surface area contributed by atoms with Gasteiger partial charge in [0.25, 0.3) is 0 Å². The molecule has 0 saturated heterocycles. The molecule has 2 aromatic rings. The van der Waals surface area contributed by atoms with Crippen molar-refractivity contribution in [2.75, 3.05) is 11.1 Å². The predicted octanol–water partition coefficient (Wildman–Crippen LogP) is 4.32. The summed E-state index contributed by atoms with van der Waals surface area (Å²) in [6.07, 6.45) is 3.60. The van der Waals surface area contributed by atoms with E-state index in [1.165, 1.54) is 6.92 Å². The van der Waals surface area contributed by atoms with Crippen molar-refractivity contribution in [1.29, 1.82) is 0 Å². The van der Waals surface area contributed by atoms with Gasteiger partial charge in [0.2, 0.25) is 0 Å². The first kappa shape index (κ1) is 17.3. The van der Waals surface area contributed by atoms with Crippen LogP contribution in [0.2, 0.25) is 0 Å². The number of hydrogen-bond acceptors (Lipinski definition) is 4. The lowest BCUT2D eigenvalue weighted by Gasteiger charge is -2.17. The number of benzene rings is 1. The first-order chi connectivity index (χ1) is 11.0. The molecule has 1 aliphatic carbocycles. The van der Waals surface area contributed by atoms with Gasteiger partial charge < -0.3 is 11.1 Å². The summed E-state index contributed by atoms with van der Waals surface area (Å²) in [6.45, 7) is 5.51. The maximum atomic E-state index is 14.5. The molecule has 0 atom stereocenters. The Morgan fingerprint density at radius 2 is 1.61 bits per heavy atom. The van der Waals surface area contributed by atoms with Gasteiger partial charge in [0.05, 0.1) is 5.39 Å². The van der Waals surface area contributed by atoms with Gasteiger partial charge in [-0.1, -0.05) is 26.7 Å². The second-order valence-corrected chi connectivity index (χ2v) is 5.32. The molecule has 1 aromatic carbocycles. The molecule has 1 heterocycles. The second kappa shape index (κ2) is 7.02. The maximum absolute atomic E-state index is 14.5. The fraction of sp³-hybridized carbons (Fsp3) is 0.500.